The average Bonchev–Trinajstić information content (AvgIpc) is 3.14. The molecule has 0 N–H and O–H groups in total. The number of epoxide rings is 1. The lowest BCUT2D eigenvalue weighted by Gasteiger charge is -1.93. The second-order valence-electron chi connectivity index (χ2n) is 4.01. The van der Waals surface area contributed by atoms with E-state index in [4.69, 9.17) is 4.74 Å². The third-order valence-electron chi connectivity index (χ3n) is 2.74. The van der Waals surface area contributed by atoms with Crippen molar-refractivity contribution in [2.24, 2.45) is 0 Å². The zero-order chi connectivity index (χ0) is 12.1. The Kier molecular flexibility index (Phi) is 3.94. The number of allylic oxidation sites excluding steroid dienone is 1. The van der Waals surface area contributed by atoms with Crippen molar-refractivity contribution in [1.29, 1.82) is 0 Å². The SMILES string of the molecule is COC(=O)[C@@H]1O[C@H]1CC/C=C\c1ccccc1. The molecule has 0 aromatic heterocycles. The fraction of sp³-hybridized carbons (Fsp3) is 0.357. The van der Waals surface area contributed by atoms with Crippen LogP contribution >= 0.6 is 0 Å². The van der Waals surface area contributed by atoms with E-state index in [2.05, 4.69) is 29.0 Å². The minimum absolute atomic E-state index is 0.0443. The third-order valence-corrected chi connectivity index (χ3v) is 2.74. The number of ether oxygens (including phenoxy) is 2. The fourth-order valence-corrected chi connectivity index (χ4v) is 1.73. The summed E-state index contributed by atoms with van der Waals surface area (Å²) in [6.07, 6.45) is 5.67. The van der Waals surface area contributed by atoms with Crippen molar-refractivity contribution in [3.63, 3.8) is 0 Å². The van der Waals surface area contributed by atoms with Gasteiger partial charge in [-0.15, -0.1) is 0 Å². The highest BCUT2D eigenvalue weighted by molar-refractivity contribution is 5.77. The van der Waals surface area contributed by atoms with E-state index in [1.165, 1.54) is 12.7 Å². The van der Waals surface area contributed by atoms with Gasteiger partial charge >= 0.3 is 5.97 Å². The summed E-state index contributed by atoms with van der Waals surface area (Å²) < 4.78 is 9.81. The standard InChI is InChI=1S/C14H16O3/c1-16-14(15)13-12(17-13)10-6-5-9-11-7-3-2-4-8-11/h2-5,7-9,12-13H,6,10H2,1H3/b9-5-/t12-,13+/m0/s1. The summed E-state index contributed by atoms with van der Waals surface area (Å²) in [4.78, 5) is 11.1. The summed E-state index contributed by atoms with van der Waals surface area (Å²) in [6, 6.07) is 10.1. The van der Waals surface area contributed by atoms with Crippen molar-refractivity contribution in [2.75, 3.05) is 7.11 Å². The highest BCUT2D eigenvalue weighted by Gasteiger charge is 2.45. The Morgan fingerprint density at radius 3 is 2.88 bits per heavy atom. The summed E-state index contributed by atoms with van der Waals surface area (Å²) >= 11 is 0. The number of carbonyl (C=O) groups is 1. The first-order valence-electron chi connectivity index (χ1n) is 5.76. The minimum atomic E-state index is -0.329. The molecule has 2 atom stereocenters. The molecule has 0 bridgehead atoms. The lowest BCUT2D eigenvalue weighted by Crippen LogP contribution is -2.11. The highest BCUT2D eigenvalue weighted by Crippen LogP contribution is 2.27. The lowest BCUT2D eigenvalue weighted by molar-refractivity contribution is -0.142. The Bertz CT molecular complexity index is 397. The molecule has 1 aliphatic heterocycles. The van der Waals surface area contributed by atoms with Gasteiger partial charge in [0.05, 0.1) is 13.2 Å². The lowest BCUT2D eigenvalue weighted by atomic mass is 10.1. The average molecular weight is 232 g/mol. The van der Waals surface area contributed by atoms with Crippen molar-refractivity contribution in [3.8, 4) is 0 Å². The second kappa shape index (κ2) is 5.64. The van der Waals surface area contributed by atoms with Gasteiger partial charge in [0.25, 0.3) is 0 Å². The molecule has 0 spiro atoms. The molecule has 0 unspecified atom stereocenters. The van der Waals surface area contributed by atoms with Crippen LogP contribution in [0.25, 0.3) is 6.08 Å². The number of hydrogen-bond donors (Lipinski definition) is 0. The Hall–Kier alpha value is -1.61. The maximum atomic E-state index is 11.1. The van der Waals surface area contributed by atoms with Crippen molar-refractivity contribution < 1.29 is 14.3 Å². The van der Waals surface area contributed by atoms with Crippen LogP contribution in [0.4, 0.5) is 0 Å². The zero-order valence-electron chi connectivity index (χ0n) is 9.84. The predicted octanol–water partition coefficient (Wildman–Crippen LogP) is 2.42. The molecular weight excluding hydrogens is 216 g/mol. The number of methoxy groups -OCH3 is 1. The van der Waals surface area contributed by atoms with Gasteiger partial charge in [-0.2, -0.15) is 0 Å². The molecule has 0 radical (unpaired) electrons. The summed E-state index contributed by atoms with van der Waals surface area (Å²) in [5, 5.41) is 0. The van der Waals surface area contributed by atoms with E-state index in [0.29, 0.717) is 0 Å². The summed E-state index contributed by atoms with van der Waals surface area (Å²) in [5.41, 5.74) is 1.19. The number of esters is 1. The van der Waals surface area contributed by atoms with Crippen molar-refractivity contribution in [1.82, 2.24) is 0 Å². The molecule has 1 aromatic rings. The molecule has 1 fully saturated rings. The Balaban J connectivity index is 1.68. The van der Waals surface area contributed by atoms with E-state index < -0.39 is 0 Å². The van der Waals surface area contributed by atoms with E-state index in [9.17, 15) is 4.79 Å². The summed E-state index contributed by atoms with van der Waals surface area (Å²) in [5.74, 6) is -0.262. The number of rotatable bonds is 5. The molecule has 0 aliphatic carbocycles. The number of carbonyl (C=O) groups excluding carboxylic acids is 1. The quantitative estimate of drug-likeness (QED) is 0.578. The van der Waals surface area contributed by atoms with Gasteiger partial charge in [-0.3, -0.25) is 0 Å². The van der Waals surface area contributed by atoms with Crippen LogP contribution in [0.15, 0.2) is 36.4 Å². The van der Waals surface area contributed by atoms with Gasteiger partial charge in [-0.25, -0.2) is 4.79 Å². The van der Waals surface area contributed by atoms with Gasteiger partial charge in [0.15, 0.2) is 6.10 Å². The summed E-state index contributed by atoms with van der Waals surface area (Å²) in [7, 11) is 1.39. The maximum absolute atomic E-state index is 11.1. The van der Waals surface area contributed by atoms with Crippen LogP contribution in [0.3, 0.4) is 0 Å². The molecule has 0 amide bonds. The van der Waals surface area contributed by atoms with Gasteiger partial charge in [-0.05, 0) is 18.4 Å². The smallest absolute Gasteiger partial charge is 0.337 e. The van der Waals surface area contributed by atoms with Crippen LogP contribution < -0.4 is 0 Å². The van der Waals surface area contributed by atoms with E-state index in [1.807, 2.05) is 18.2 Å². The van der Waals surface area contributed by atoms with Crippen molar-refractivity contribution in [2.45, 2.75) is 25.0 Å². The molecule has 90 valence electrons. The van der Waals surface area contributed by atoms with Gasteiger partial charge in [0.1, 0.15) is 0 Å². The normalized spacial score (nSPS) is 22.6. The first-order chi connectivity index (χ1) is 8.31. The molecule has 2 rings (SSSR count). The van der Waals surface area contributed by atoms with Crippen LogP contribution in [0, 0.1) is 0 Å². The molecule has 0 saturated carbocycles. The Morgan fingerprint density at radius 2 is 2.18 bits per heavy atom. The molecule has 1 heterocycles. The topological polar surface area (TPSA) is 38.8 Å². The van der Waals surface area contributed by atoms with Crippen molar-refractivity contribution in [3.05, 3.63) is 42.0 Å². The van der Waals surface area contributed by atoms with Crippen LogP contribution in [-0.2, 0) is 14.3 Å². The van der Waals surface area contributed by atoms with Crippen LogP contribution in [-0.4, -0.2) is 25.3 Å². The van der Waals surface area contributed by atoms with E-state index >= 15 is 0 Å². The van der Waals surface area contributed by atoms with Crippen LogP contribution in [0.5, 0.6) is 0 Å². The van der Waals surface area contributed by atoms with Crippen LogP contribution in [0.1, 0.15) is 18.4 Å². The Morgan fingerprint density at radius 1 is 1.41 bits per heavy atom. The van der Waals surface area contributed by atoms with Gasteiger partial charge in [0, 0.05) is 0 Å². The van der Waals surface area contributed by atoms with E-state index in [1.54, 1.807) is 0 Å². The molecule has 17 heavy (non-hydrogen) atoms. The van der Waals surface area contributed by atoms with Crippen LogP contribution in [0.2, 0.25) is 0 Å². The van der Waals surface area contributed by atoms with Gasteiger partial charge in [-0.1, -0.05) is 42.5 Å². The first kappa shape index (κ1) is 11.9. The fourth-order valence-electron chi connectivity index (χ4n) is 1.73. The van der Waals surface area contributed by atoms with Gasteiger partial charge in [0.2, 0.25) is 0 Å². The molecule has 1 saturated heterocycles. The first-order valence-corrected chi connectivity index (χ1v) is 5.76. The van der Waals surface area contributed by atoms with Gasteiger partial charge < -0.3 is 9.47 Å². The second-order valence-corrected chi connectivity index (χ2v) is 4.01. The molecule has 1 aromatic carbocycles. The maximum Gasteiger partial charge on any atom is 0.337 e. The zero-order valence-corrected chi connectivity index (χ0v) is 9.84. The number of benzene rings is 1. The largest absolute Gasteiger partial charge is 0.467 e. The monoisotopic (exact) mass is 232 g/mol. The van der Waals surface area contributed by atoms with E-state index in [0.717, 1.165) is 12.8 Å². The molecule has 1 aliphatic rings. The molecular formula is C14H16O3. The minimum Gasteiger partial charge on any atom is -0.467 e. The third kappa shape index (κ3) is 3.43. The van der Waals surface area contributed by atoms with E-state index in [-0.39, 0.29) is 18.2 Å². The number of hydrogen-bond acceptors (Lipinski definition) is 3. The van der Waals surface area contributed by atoms with Crippen molar-refractivity contribution >= 4 is 12.0 Å². The Labute approximate surface area is 101 Å². The predicted molar refractivity (Wildman–Crippen MR) is 65.4 cm³/mol. The highest BCUT2D eigenvalue weighted by atomic mass is 16.6. The molecule has 3 heteroatoms. The summed E-state index contributed by atoms with van der Waals surface area (Å²) in [6.45, 7) is 0. The molecule has 3 nitrogen and oxygen atoms in total.